The summed E-state index contributed by atoms with van der Waals surface area (Å²) in [5.74, 6) is -0.407. The molecule has 1 N–H and O–H groups in total. The maximum atomic E-state index is 13.9. The Labute approximate surface area is 130 Å². The van der Waals surface area contributed by atoms with Crippen molar-refractivity contribution in [2.75, 3.05) is 0 Å². The zero-order chi connectivity index (χ0) is 14.8. The number of aliphatic hydroxyl groups is 1. The first-order valence-electron chi connectivity index (χ1n) is 6.61. The van der Waals surface area contributed by atoms with E-state index in [-0.39, 0.29) is 0 Å². The number of rotatable bonds is 3. The Morgan fingerprint density at radius 2 is 1.90 bits per heavy atom. The highest BCUT2D eigenvalue weighted by Crippen LogP contribution is 2.30. The summed E-state index contributed by atoms with van der Waals surface area (Å²) in [6.07, 6.45) is 1.13. The molecule has 0 radical (unpaired) electrons. The molecule has 0 aliphatic carbocycles. The van der Waals surface area contributed by atoms with Crippen molar-refractivity contribution in [2.24, 2.45) is 0 Å². The minimum atomic E-state index is -0.911. The van der Waals surface area contributed by atoms with Gasteiger partial charge in [-0.25, -0.2) is 4.39 Å². The highest BCUT2D eigenvalue weighted by Gasteiger charge is 2.17. The van der Waals surface area contributed by atoms with E-state index in [1.807, 2.05) is 30.3 Å². The molecule has 1 atom stereocenters. The van der Waals surface area contributed by atoms with Crippen LogP contribution in [-0.2, 0) is 6.42 Å². The number of hydrogen-bond acceptors (Lipinski definition) is 2. The third-order valence-corrected chi connectivity index (χ3v) is 4.18. The van der Waals surface area contributed by atoms with E-state index in [2.05, 4.69) is 20.9 Å². The molecule has 1 unspecified atom stereocenters. The van der Waals surface area contributed by atoms with Gasteiger partial charge in [0.1, 0.15) is 5.82 Å². The molecule has 106 valence electrons. The van der Waals surface area contributed by atoms with Crippen LogP contribution in [0.1, 0.15) is 17.2 Å². The minimum Gasteiger partial charge on any atom is -0.388 e. The van der Waals surface area contributed by atoms with E-state index in [9.17, 15) is 9.50 Å². The molecule has 0 amide bonds. The van der Waals surface area contributed by atoms with E-state index >= 15 is 0 Å². The number of fused-ring (bicyclic) bond motifs is 1. The highest BCUT2D eigenvalue weighted by atomic mass is 79.9. The van der Waals surface area contributed by atoms with Gasteiger partial charge in [-0.1, -0.05) is 40.2 Å². The average Bonchev–Trinajstić information content (AvgIpc) is 2.47. The quantitative estimate of drug-likeness (QED) is 0.762. The predicted octanol–water partition coefficient (Wildman–Crippen LogP) is 4.41. The van der Waals surface area contributed by atoms with Gasteiger partial charge < -0.3 is 5.11 Å². The number of aliphatic hydroxyl groups excluding tert-OH is 1. The molecule has 3 aromatic rings. The van der Waals surface area contributed by atoms with Crippen molar-refractivity contribution in [1.29, 1.82) is 0 Å². The lowest BCUT2D eigenvalue weighted by Gasteiger charge is -2.15. The Kier molecular flexibility index (Phi) is 3.99. The molecule has 0 spiro atoms. The van der Waals surface area contributed by atoms with Crippen LogP contribution in [0.2, 0.25) is 0 Å². The van der Waals surface area contributed by atoms with E-state index in [4.69, 9.17) is 0 Å². The number of pyridine rings is 1. The molecule has 4 heteroatoms. The Morgan fingerprint density at radius 1 is 1.10 bits per heavy atom. The second-order valence-electron chi connectivity index (χ2n) is 4.84. The largest absolute Gasteiger partial charge is 0.388 e. The van der Waals surface area contributed by atoms with Gasteiger partial charge in [-0.3, -0.25) is 4.98 Å². The van der Waals surface area contributed by atoms with Gasteiger partial charge >= 0.3 is 0 Å². The number of benzene rings is 2. The van der Waals surface area contributed by atoms with Gasteiger partial charge in [0.15, 0.2) is 0 Å². The summed E-state index contributed by atoms with van der Waals surface area (Å²) in [5.41, 5.74) is 2.11. The number of nitrogens with zero attached hydrogens (tertiary/aromatic N) is 1. The van der Waals surface area contributed by atoms with E-state index in [0.717, 1.165) is 16.5 Å². The second-order valence-corrected chi connectivity index (χ2v) is 5.70. The summed E-state index contributed by atoms with van der Waals surface area (Å²) >= 11 is 3.30. The molecule has 3 rings (SSSR count). The van der Waals surface area contributed by atoms with Gasteiger partial charge in [0.2, 0.25) is 0 Å². The summed E-state index contributed by atoms with van der Waals surface area (Å²) in [4.78, 5) is 4.29. The van der Waals surface area contributed by atoms with Gasteiger partial charge in [0, 0.05) is 28.0 Å². The molecular weight excluding hydrogens is 333 g/mol. The van der Waals surface area contributed by atoms with Crippen LogP contribution in [0.5, 0.6) is 0 Å². The number of aromatic nitrogens is 1. The smallest absolute Gasteiger partial charge is 0.130 e. The van der Waals surface area contributed by atoms with Gasteiger partial charge in [0.25, 0.3) is 0 Å². The fraction of sp³-hybridized carbons (Fsp3) is 0.118. The van der Waals surface area contributed by atoms with E-state index in [1.54, 1.807) is 18.3 Å². The Balaban J connectivity index is 1.99. The number of para-hydroxylation sites is 1. The minimum absolute atomic E-state index is 0.290. The SMILES string of the molecule is OC(Cc1ccnc2ccccc12)c1c(F)cccc1Br. The van der Waals surface area contributed by atoms with Gasteiger partial charge in [-0.2, -0.15) is 0 Å². The topological polar surface area (TPSA) is 33.1 Å². The zero-order valence-electron chi connectivity index (χ0n) is 11.1. The van der Waals surface area contributed by atoms with Crippen LogP contribution in [-0.4, -0.2) is 10.1 Å². The van der Waals surface area contributed by atoms with Crippen LogP contribution in [0, 0.1) is 5.82 Å². The maximum absolute atomic E-state index is 13.9. The monoisotopic (exact) mass is 345 g/mol. The molecule has 0 fully saturated rings. The van der Waals surface area contributed by atoms with Crippen LogP contribution in [0.4, 0.5) is 4.39 Å². The predicted molar refractivity (Wildman–Crippen MR) is 84.5 cm³/mol. The van der Waals surface area contributed by atoms with Crippen molar-refractivity contribution < 1.29 is 9.50 Å². The Bertz CT molecular complexity index is 765. The first-order valence-corrected chi connectivity index (χ1v) is 7.40. The fourth-order valence-corrected chi connectivity index (χ4v) is 3.08. The van der Waals surface area contributed by atoms with Crippen molar-refractivity contribution in [3.05, 3.63) is 76.1 Å². The summed E-state index contributed by atoms with van der Waals surface area (Å²) in [6, 6.07) is 14.3. The van der Waals surface area contributed by atoms with Crippen molar-refractivity contribution in [2.45, 2.75) is 12.5 Å². The normalized spacial score (nSPS) is 12.5. The molecule has 0 aliphatic rings. The first-order chi connectivity index (χ1) is 10.2. The third-order valence-electron chi connectivity index (χ3n) is 3.49. The summed E-state index contributed by atoms with van der Waals surface area (Å²) in [5, 5.41) is 11.4. The maximum Gasteiger partial charge on any atom is 0.130 e. The molecule has 0 saturated heterocycles. The molecule has 2 aromatic carbocycles. The molecule has 0 saturated carbocycles. The fourth-order valence-electron chi connectivity index (χ4n) is 2.47. The van der Waals surface area contributed by atoms with Crippen LogP contribution < -0.4 is 0 Å². The molecule has 1 aromatic heterocycles. The summed E-state index contributed by atoms with van der Waals surface area (Å²) in [7, 11) is 0. The molecular formula is C17H13BrFNO. The number of halogens is 2. The third kappa shape index (κ3) is 2.82. The van der Waals surface area contributed by atoms with Gasteiger partial charge in [0.05, 0.1) is 11.6 Å². The average molecular weight is 346 g/mol. The molecule has 2 nitrogen and oxygen atoms in total. The zero-order valence-corrected chi connectivity index (χ0v) is 12.7. The first kappa shape index (κ1) is 14.2. The van der Waals surface area contributed by atoms with Crippen molar-refractivity contribution in [3.63, 3.8) is 0 Å². The van der Waals surface area contributed by atoms with Gasteiger partial charge in [-0.05, 0) is 29.8 Å². The lowest BCUT2D eigenvalue weighted by atomic mass is 9.98. The standard InChI is InChI=1S/C17H13BrFNO/c18-13-5-3-6-14(19)17(13)16(21)10-11-8-9-20-15-7-2-1-4-12(11)15/h1-9,16,21H,10H2. The van der Waals surface area contributed by atoms with Crippen LogP contribution in [0.15, 0.2) is 59.2 Å². The lowest BCUT2D eigenvalue weighted by Crippen LogP contribution is -2.06. The number of hydrogen-bond donors (Lipinski definition) is 1. The van der Waals surface area contributed by atoms with Crippen LogP contribution in [0.25, 0.3) is 10.9 Å². The second kappa shape index (κ2) is 5.92. The van der Waals surface area contributed by atoms with Crippen LogP contribution in [0.3, 0.4) is 0 Å². The lowest BCUT2D eigenvalue weighted by molar-refractivity contribution is 0.173. The van der Waals surface area contributed by atoms with E-state index in [1.165, 1.54) is 6.07 Å². The van der Waals surface area contributed by atoms with E-state index in [0.29, 0.717) is 16.5 Å². The molecule has 1 heterocycles. The van der Waals surface area contributed by atoms with Crippen molar-refractivity contribution in [3.8, 4) is 0 Å². The Morgan fingerprint density at radius 3 is 2.71 bits per heavy atom. The van der Waals surface area contributed by atoms with E-state index < -0.39 is 11.9 Å². The Hall–Kier alpha value is -1.78. The van der Waals surface area contributed by atoms with Gasteiger partial charge in [-0.15, -0.1) is 0 Å². The highest BCUT2D eigenvalue weighted by molar-refractivity contribution is 9.10. The van der Waals surface area contributed by atoms with Crippen molar-refractivity contribution >= 4 is 26.8 Å². The van der Waals surface area contributed by atoms with Crippen LogP contribution >= 0.6 is 15.9 Å². The summed E-state index contributed by atoms with van der Waals surface area (Å²) < 4.78 is 14.5. The summed E-state index contributed by atoms with van der Waals surface area (Å²) in [6.45, 7) is 0. The molecule has 0 bridgehead atoms. The molecule has 21 heavy (non-hydrogen) atoms. The van der Waals surface area contributed by atoms with Crippen molar-refractivity contribution in [1.82, 2.24) is 4.98 Å². The molecule has 0 aliphatic heterocycles.